The summed E-state index contributed by atoms with van der Waals surface area (Å²) in [5.41, 5.74) is 7.35. The highest BCUT2D eigenvalue weighted by Crippen LogP contribution is 2.19. The molecule has 0 saturated carbocycles. The van der Waals surface area contributed by atoms with Crippen molar-refractivity contribution in [2.24, 2.45) is 0 Å². The van der Waals surface area contributed by atoms with Gasteiger partial charge in [0.05, 0.1) is 7.11 Å². The summed E-state index contributed by atoms with van der Waals surface area (Å²) >= 11 is 0. The fourth-order valence-electron chi connectivity index (χ4n) is 1.62. The summed E-state index contributed by atoms with van der Waals surface area (Å²) in [6.45, 7) is 4.00. The zero-order chi connectivity index (χ0) is 14.3. The molecule has 0 heterocycles. The molecule has 19 heavy (non-hydrogen) atoms. The zero-order valence-corrected chi connectivity index (χ0v) is 11.5. The highest BCUT2D eigenvalue weighted by Gasteiger charge is 2.11. The van der Waals surface area contributed by atoms with E-state index in [9.17, 15) is 4.79 Å². The van der Waals surface area contributed by atoms with E-state index in [-0.39, 0.29) is 5.78 Å². The van der Waals surface area contributed by atoms with E-state index in [0.29, 0.717) is 22.6 Å². The fraction of sp³-hybridized carbons (Fsp3) is 0.188. The molecule has 0 amide bonds. The minimum atomic E-state index is -0.0954. The predicted octanol–water partition coefficient (Wildman–Crippen LogP) is 3.53. The third-order valence-electron chi connectivity index (χ3n) is 2.54. The van der Waals surface area contributed by atoms with Crippen molar-refractivity contribution < 1.29 is 9.53 Å². The Labute approximate surface area is 114 Å². The minimum Gasteiger partial charge on any atom is -0.497 e. The van der Waals surface area contributed by atoms with Gasteiger partial charge in [-0.05, 0) is 24.3 Å². The summed E-state index contributed by atoms with van der Waals surface area (Å²) in [7, 11) is 1.57. The number of carbonyl (C=O) groups excluding carboxylic acids is 1. The van der Waals surface area contributed by atoms with E-state index in [0.717, 1.165) is 0 Å². The molecule has 2 rings (SSSR count). The van der Waals surface area contributed by atoms with Crippen LogP contribution >= 0.6 is 0 Å². The Balaban J connectivity index is 0.000000861. The molecule has 3 heteroatoms. The molecular formula is C16H19NO2. The highest BCUT2D eigenvalue weighted by atomic mass is 16.5. The molecule has 0 atom stereocenters. The van der Waals surface area contributed by atoms with Crippen molar-refractivity contribution in [1.82, 2.24) is 0 Å². The van der Waals surface area contributed by atoms with Gasteiger partial charge in [0.2, 0.25) is 0 Å². The Morgan fingerprint density at radius 3 is 2.37 bits per heavy atom. The van der Waals surface area contributed by atoms with Gasteiger partial charge in [-0.15, -0.1) is 0 Å². The van der Waals surface area contributed by atoms with Gasteiger partial charge in [0, 0.05) is 16.8 Å². The van der Waals surface area contributed by atoms with Crippen molar-refractivity contribution in [2.75, 3.05) is 12.8 Å². The first-order valence-corrected chi connectivity index (χ1v) is 6.25. The molecule has 0 aliphatic rings. The number of para-hydroxylation sites is 1. The van der Waals surface area contributed by atoms with Crippen LogP contribution in [-0.4, -0.2) is 12.9 Å². The topological polar surface area (TPSA) is 52.3 Å². The summed E-state index contributed by atoms with van der Waals surface area (Å²) in [5.74, 6) is 0.562. The predicted molar refractivity (Wildman–Crippen MR) is 78.6 cm³/mol. The Hall–Kier alpha value is -2.29. The number of ketones is 1. The minimum absolute atomic E-state index is 0.0954. The Morgan fingerprint density at radius 1 is 1.05 bits per heavy atom. The van der Waals surface area contributed by atoms with Gasteiger partial charge < -0.3 is 10.5 Å². The lowest BCUT2D eigenvalue weighted by atomic mass is 10.0. The van der Waals surface area contributed by atoms with Crippen LogP contribution in [0.5, 0.6) is 5.75 Å². The Kier molecular flexibility index (Phi) is 5.61. The largest absolute Gasteiger partial charge is 0.497 e. The second-order valence-corrected chi connectivity index (χ2v) is 3.65. The second-order valence-electron chi connectivity index (χ2n) is 3.65. The molecule has 0 aliphatic heterocycles. The number of nitrogens with two attached hydrogens (primary N) is 1. The van der Waals surface area contributed by atoms with E-state index in [1.54, 1.807) is 55.6 Å². The van der Waals surface area contributed by atoms with Crippen molar-refractivity contribution >= 4 is 11.5 Å². The molecule has 0 radical (unpaired) electrons. The van der Waals surface area contributed by atoms with Crippen LogP contribution in [0, 0.1) is 0 Å². The van der Waals surface area contributed by atoms with Crippen LogP contribution in [0.2, 0.25) is 0 Å². The van der Waals surface area contributed by atoms with E-state index in [2.05, 4.69) is 0 Å². The van der Waals surface area contributed by atoms with E-state index < -0.39 is 0 Å². The third-order valence-corrected chi connectivity index (χ3v) is 2.54. The quantitative estimate of drug-likeness (QED) is 0.676. The van der Waals surface area contributed by atoms with Gasteiger partial charge in [0.25, 0.3) is 0 Å². The van der Waals surface area contributed by atoms with Crippen LogP contribution in [-0.2, 0) is 0 Å². The van der Waals surface area contributed by atoms with Gasteiger partial charge in [-0.25, -0.2) is 0 Å². The van der Waals surface area contributed by atoms with Crippen molar-refractivity contribution in [3.8, 4) is 5.75 Å². The number of anilines is 1. The van der Waals surface area contributed by atoms with Crippen LogP contribution in [0.25, 0.3) is 0 Å². The number of methoxy groups -OCH3 is 1. The second kappa shape index (κ2) is 7.21. The van der Waals surface area contributed by atoms with Crippen LogP contribution in [0.4, 0.5) is 5.69 Å². The van der Waals surface area contributed by atoms with Gasteiger partial charge >= 0.3 is 0 Å². The molecule has 2 aromatic rings. The van der Waals surface area contributed by atoms with Gasteiger partial charge in [-0.2, -0.15) is 0 Å². The smallest absolute Gasteiger partial charge is 0.195 e. The molecule has 2 aromatic carbocycles. The Morgan fingerprint density at radius 2 is 1.74 bits per heavy atom. The van der Waals surface area contributed by atoms with Gasteiger partial charge in [-0.1, -0.05) is 38.1 Å². The molecule has 100 valence electrons. The molecule has 2 N–H and O–H groups in total. The van der Waals surface area contributed by atoms with E-state index >= 15 is 0 Å². The zero-order valence-electron chi connectivity index (χ0n) is 11.5. The molecule has 0 bridgehead atoms. The van der Waals surface area contributed by atoms with Crippen LogP contribution < -0.4 is 10.5 Å². The summed E-state index contributed by atoms with van der Waals surface area (Å²) in [6, 6.07) is 14.1. The van der Waals surface area contributed by atoms with Crippen LogP contribution in [0.15, 0.2) is 48.5 Å². The average molecular weight is 257 g/mol. The normalized spacial score (nSPS) is 9.21. The maximum absolute atomic E-state index is 12.2. The number of ether oxygens (including phenoxy) is 1. The first-order valence-electron chi connectivity index (χ1n) is 6.25. The average Bonchev–Trinajstić information content (AvgIpc) is 2.49. The van der Waals surface area contributed by atoms with E-state index in [1.807, 2.05) is 13.8 Å². The van der Waals surface area contributed by atoms with Crippen molar-refractivity contribution in [1.29, 1.82) is 0 Å². The lowest BCUT2D eigenvalue weighted by molar-refractivity contribution is 0.103. The molecule has 0 unspecified atom stereocenters. The van der Waals surface area contributed by atoms with Gasteiger partial charge in [0.1, 0.15) is 5.75 Å². The standard InChI is InChI=1S/C14H13NO2.C2H6/c1-17-11-6-4-5-10(9-11)14(16)12-7-2-3-8-13(12)15;1-2/h2-9H,15H2,1H3;1-2H3. The van der Waals surface area contributed by atoms with Gasteiger partial charge in [-0.3, -0.25) is 4.79 Å². The monoisotopic (exact) mass is 257 g/mol. The first kappa shape index (κ1) is 14.8. The lowest BCUT2D eigenvalue weighted by Crippen LogP contribution is -2.05. The number of hydrogen-bond donors (Lipinski definition) is 1. The summed E-state index contributed by atoms with van der Waals surface area (Å²) < 4.78 is 5.09. The van der Waals surface area contributed by atoms with Crippen molar-refractivity contribution in [3.05, 3.63) is 59.7 Å². The number of benzene rings is 2. The summed E-state index contributed by atoms with van der Waals surface area (Å²) in [6.07, 6.45) is 0. The maximum atomic E-state index is 12.2. The molecule has 3 nitrogen and oxygen atoms in total. The maximum Gasteiger partial charge on any atom is 0.195 e. The first-order chi connectivity index (χ1) is 9.22. The molecule has 0 aromatic heterocycles. The van der Waals surface area contributed by atoms with E-state index in [1.165, 1.54) is 0 Å². The SMILES string of the molecule is CC.COc1cccc(C(=O)c2ccccc2N)c1. The number of carbonyl (C=O) groups is 1. The number of rotatable bonds is 3. The van der Waals surface area contributed by atoms with Gasteiger partial charge in [0.15, 0.2) is 5.78 Å². The molecule has 0 aliphatic carbocycles. The number of hydrogen-bond acceptors (Lipinski definition) is 3. The van der Waals surface area contributed by atoms with Crippen LogP contribution in [0.3, 0.4) is 0 Å². The molecule has 0 saturated heterocycles. The summed E-state index contributed by atoms with van der Waals surface area (Å²) in [5, 5.41) is 0. The third kappa shape index (κ3) is 3.58. The van der Waals surface area contributed by atoms with Crippen molar-refractivity contribution in [3.63, 3.8) is 0 Å². The van der Waals surface area contributed by atoms with Crippen LogP contribution in [0.1, 0.15) is 29.8 Å². The molecular weight excluding hydrogens is 238 g/mol. The summed E-state index contributed by atoms with van der Waals surface area (Å²) in [4.78, 5) is 12.2. The van der Waals surface area contributed by atoms with E-state index in [4.69, 9.17) is 10.5 Å². The highest BCUT2D eigenvalue weighted by molar-refractivity contribution is 6.12. The number of nitrogen functional groups attached to an aromatic ring is 1. The Bertz CT molecular complexity index is 550. The lowest BCUT2D eigenvalue weighted by Gasteiger charge is -2.06. The fourth-order valence-corrected chi connectivity index (χ4v) is 1.62. The molecule has 0 fully saturated rings. The van der Waals surface area contributed by atoms with Crippen molar-refractivity contribution in [2.45, 2.75) is 13.8 Å². The molecule has 0 spiro atoms.